The zero-order valence-electron chi connectivity index (χ0n) is 32.1. The Morgan fingerprint density at radius 2 is 1.81 bits per heavy atom. The number of rotatable bonds is 8. The number of piperazine rings is 1. The van der Waals surface area contributed by atoms with E-state index >= 15 is 0 Å². The minimum atomic E-state index is -1.54. The van der Waals surface area contributed by atoms with Crippen molar-refractivity contribution in [2.24, 2.45) is 23.7 Å². The van der Waals surface area contributed by atoms with Gasteiger partial charge in [-0.05, 0) is 91.8 Å². The van der Waals surface area contributed by atoms with E-state index < -0.39 is 16.6 Å². The Morgan fingerprint density at radius 1 is 1.02 bits per heavy atom. The molecule has 2 bridgehead atoms. The largest absolute Gasteiger partial charge is 0.491 e. The van der Waals surface area contributed by atoms with Crippen LogP contribution in [-0.2, 0) is 26.9 Å². The number of nitrogens with one attached hydrogen (secondary N) is 1. The van der Waals surface area contributed by atoms with Gasteiger partial charge >= 0.3 is 0 Å². The summed E-state index contributed by atoms with van der Waals surface area (Å²) in [5, 5.41) is 0.532. The first-order valence-electron chi connectivity index (χ1n) is 19.9. The van der Waals surface area contributed by atoms with E-state index in [1.807, 2.05) is 32.2 Å². The predicted octanol–water partition coefficient (Wildman–Crippen LogP) is 6.33. The molecule has 9 nitrogen and oxygen atoms in total. The minimum absolute atomic E-state index is 0.101. The van der Waals surface area contributed by atoms with Crippen molar-refractivity contribution in [3.8, 4) is 5.75 Å². The van der Waals surface area contributed by atoms with Crippen LogP contribution in [0.15, 0.2) is 48.6 Å². The number of ether oxygens (including phenoxy) is 3. The Morgan fingerprint density at radius 3 is 2.51 bits per heavy atom. The highest BCUT2D eigenvalue weighted by Crippen LogP contribution is 2.47. The van der Waals surface area contributed by atoms with E-state index in [2.05, 4.69) is 57.6 Å². The second-order valence-corrected chi connectivity index (χ2v) is 18.3. The molecule has 1 aliphatic carbocycles. The van der Waals surface area contributed by atoms with Crippen LogP contribution < -0.4 is 14.4 Å². The van der Waals surface area contributed by atoms with Gasteiger partial charge in [0.25, 0.3) is 5.91 Å². The molecular formula is C42H59ClN4O5S. The third kappa shape index (κ3) is 8.68. The van der Waals surface area contributed by atoms with Crippen LogP contribution in [0.5, 0.6) is 5.75 Å². The lowest BCUT2D eigenvalue weighted by atomic mass is 9.63. The van der Waals surface area contributed by atoms with Crippen molar-refractivity contribution in [1.29, 1.82) is 0 Å². The fourth-order valence-electron chi connectivity index (χ4n) is 9.11. The second kappa shape index (κ2) is 17.1. The van der Waals surface area contributed by atoms with Gasteiger partial charge in [-0.25, -0.2) is 4.21 Å². The number of hydrogen-bond acceptors (Lipinski definition) is 8. The van der Waals surface area contributed by atoms with Crippen LogP contribution in [0.1, 0.15) is 73.9 Å². The van der Waals surface area contributed by atoms with Gasteiger partial charge < -0.3 is 24.0 Å². The van der Waals surface area contributed by atoms with Crippen LogP contribution in [0.4, 0.5) is 5.69 Å². The number of carbonyl (C=O) groups excluding carboxylic acids is 1. The Labute approximate surface area is 324 Å². The number of methoxy groups -OCH3 is 1. The molecule has 2 aromatic rings. The van der Waals surface area contributed by atoms with Crippen LogP contribution in [0.25, 0.3) is 0 Å². The van der Waals surface area contributed by atoms with Crippen molar-refractivity contribution in [3.05, 3.63) is 70.3 Å². The van der Waals surface area contributed by atoms with Gasteiger partial charge in [0.1, 0.15) is 22.3 Å². The molecule has 7 unspecified atom stereocenters. The summed E-state index contributed by atoms with van der Waals surface area (Å²) in [5.74, 6) is 2.07. The predicted molar refractivity (Wildman–Crippen MR) is 213 cm³/mol. The minimum Gasteiger partial charge on any atom is -0.491 e. The van der Waals surface area contributed by atoms with Gasteiger partial charge in [-0.2, -0.15) is 0 Å². The number of anilines is 1. The molecule has 0 radical (unpaired) electrons. The standard InChI is InChI=1S/C42H59ClN4O5S/c1-5-7-32-20-36(43)11-12-37(32)35-24-47-23-34-9-13-38(34)42(50-4,28-46-18-16-45(17-19-46)22-31-25-51-26-31)15-6-8-29(2)30(3)53(49)44-41(48)33-10-14-40(52-27-35)39(47)21-33/h6,10-12,14-15,20-21,29-31,34-35,38H,5,7-9,13,16-19,22-28H2,1-4H3,(H,44,48)/b15-6+. The molecule has 11 heteroatoms. The van der Waals surface area contributed by atoms with Gasteiger partial charge in [0, 0.05) is 81.9 Å². The Hall–Kier alpha value is -2.47. The molecule has 0 aromatic heterocycles. The molecule has 4 heterocycles. The molecule has 7 atom stereocenters. The summed E-state index contributed by atoms with van der Waals surface area (Å²) in [6.45, 7) is 16.4. The van der Waals surface area contributed by atoms with Crippen LogP contribution in [0.3, 0.4) is 0 Å². The molecule has 5 aliphatic rings. The first-order chi connectivity index (χ1) is 25.7. The molecule has 2 aromatic carbocycles. The second-order valence-electron chi connectivity index (χ2n) is 16.3. The van der Waals surface area contributed by atoms with Crippen molar-refractivity contribution in [3.63, 3.8) is 0 Å². The molecule has 1 amide bonds. The molecule has 1 saturated carbocycles. The summed E-state index contributed by atoms with van der Waals surface area (Å²) in [4.78, 5) is 21.3. The van der Waals surface area contributed by atoms with E-state index in [0.717, 1.165) is 114 Å². The lowest BCUT2D eigenvalue weighted by Crippen LogP contribution is -2.59. The Kier molecular flexibility index (Phi) is 12.5. The first-order valence-corrected chi connectivity index (χ1v) is 21.5. The summed E-state index contributed by atoms with van der Waals surface area (Å²) >= 11 is 6.51. The molecule has 0 spiro atoms. The summed E-state index contributed by atoms with van der Waals surface area (Å²) < 4.78 is 35.1. The lowest BCUT2D eigenvalue weighted by molar-refractivity contribution is -0.0978. The number of allylic oxidation sites excluding steroid dienone is 1. The number of hydrogen-bond donors (Lipinski definition) is 1. The van der Waals surface area contributed by atoms with Gasteiger partial charge in [0.2, 0.25) is 0 Å². The molecular weight excluding hydrogens is 708 g/mol. The quantitative estimate of drug-likeness (QED) is 0.313. The van der Waals surface area contributed by atoms with Gasteiger partial charge in [-0.3, -0.25) is 14.4 Å². The zero-order chi connectivity index (χ0) is 37.1. The van der Waals surface area contributed by atoms with Crippen molar-refractivity contribution in [2.45, 2.75) is 69.6 Å². The lowest BCUT2D eigenvalue weighted by Gasteiger charge is -2.52. The molecule has 7 rings (SSSR count). The average molecular weight is 767 g/mol. The maximum absolute atomic E-state index is 13.6. The maximum atomic E-state index is 13.6. The Bertz CT molecular complexity index is 1650. The number of amides is 1. The van der Waals surface area contributed by atoms with E-state index in [0.29, 0.717) is 29.9 Å². The fraction of sp³-hybridized carbons (Fsp3) is 0.643. The number of halogens is 1. The van der Waals surface area contributed by atoms with Crippen molar-refractivity contribution >= 4 is 34.2 Å². The van der Waals surface area contributed by atoms with E-state index in [-0.39, 0.29) is 23.0 Å². The van der Waals surface area contributed by atoms with Crippen molar-refractivity contribution < 1.29 is 23.2 Å². The summed E-state index contributed by atoms with van der Waals surface area (Å²) in [7, 11) is 0.354. The topological polar surface area (TPSA) is 83.6 Å². The van der Waals surface area contributed by atoms with Gasteiger partial charge in [0.05, 0.1) is 30.8 Å². The molecule has 4 aliphatic heterocycles. The van der Waals surface area contributed by atoms with E-state index in [9.17, 15) is 9.00 Å². The van der Waals surface area contributed by atoms with Gasteiger partial charge in [0.15, 0.2) is 0 Å². The van der Waals surface area contributed by atoms with Gasteiger partial charge in [-0.15, -0.1) is 0 Å². The molecule has 53 heavy (non-hydrogen) atoms. The van der Waals surface area contributed by atoms with Crippen LogP contribution in [0.2, 0.25) is 5.02 Å². The third-order valence-corrected chi connectivity index (χ3v) is 14.5. The van der Waals surface area contributed by atoms with E-state index in [1.54, 1.807) is 6.07 Å². The highest BCUT2D eigenvalue weighted by Gasteiger charge is 2.48. The number of fused-ring (bicyclic) bond motifs is 2. The fourth-order valence-corrected chi connectivity index (χ4v) is 10.3. The van der Waals surface area contributed by atoms with Crippen molar-refractivity contribution in [1.82, 2.24) is 14.5 Å². The number of carbonyl (C=O) groups is 1. The average Bonchev–Trinajstić information content (AvgIpc) is 3.30. The normalized spacial score (nSPS) is 32.4. The maximum Gasteiger partial charge on any atom is 0.263 e. The van der Waals surface area contributed by atoms with Crippen molar-refractivity contribution in [2.75, 3.05) is 84.2 Å². The molecule has 1 N–H and O–H groups in total. The smallest absolute Gasteiger partial charge is 0.263 e. The summed E-state index contributed by atoms with van der Waals surface area (Å²) in [6, 6.07) is 12.0. The third-order valence-electron chi connectivity index (χ3n) is 12.8. The van der Waals surface area contributed by atoms with Crippen LogP contribution >= 0.6 is 11.6 Å². The summed E-state index contributed by atoms with van der Waals surface area (Å²) in [6.07, 6.45) is 9.58. The molecule has 2 saturated heterocycles. The number of aryl methyl sites for hydroxylation is 1. The van der Waals surface area contributed by atoms with Gasteiger partial charge in [-0.1, -0.05) is 50.1 Å². The van der Waals surface area contributed by atoms with E-state index in [4.69, 9.17) is 25.8 Å². The zero-order valence-corrected chi connectivity index (χ0v) is 33.6. The highest BCUT2D eigenvalue weighted by molar-refractivity contribution is 7.84. The first kappa shape index (κ1) is 38.8. The summed E-state index contributed by atoms with van der Waals surface area (Å²) in [5.41, 5.74) is 3.51. The number of nitrogens with zero attached hydrogens (tertiary/aromatic N) is 3. The molecule has 290 valence electrons. The molecule has 3 fully saturated rings. The van der Waals surface area contributed by atoms with Crippen LogP contribution in [-0.4, -0.2) is 110 Å². The highest BCUT2D eigenvalue weighted by atomic mass is 35.5. The Balaban J connectivity index is 1.21. The van der Waals surface area contributed by atoms with Crippen LogP contribution in [0, 0.1) is 23.7 Å². The monoisotopic (exact) mass is 766 g/mol. The van der Waals surface area contributed by atoms with E-state index in [1.165, 1.54) is 11.1 Å². The number of benzene rings is 2. The SMILES string of the molecule is CCCc1cc(Cl)ccc1C1COc2ccc3cc2N(C1)CC1CCC1C(CN1CCN(CC2COC2)CC1)(OC)/C=C/CC(C)C(C)S(=O)NC3=O.